The number of carbonyl (C=O) groups is 1. The number of benzene rings is 1. The maximum Gasteiger partial charge on any atom is 0.411 e. The van der Waals surface area contributed by atoms with Gasteiger partial charge in [0.25, 0.3) is 0 Å². The summed E-state index contributed by atoms with van der Waals surface area (Å²) in [7, 11) is 0. The van der Waals surface area contributed by atoms with Gasteiger partial charge >= 0.3 is 6.09 Å². The van der Waals surface area contributed by atoms with Crippen LogP contribution in [0.25, 0.3) is 0 Å². The summed E-state index contributed by atoms with van der Waals surface area (Å²) in [5, 5.41) is 2.68. The van der Waals surface area contributed by atoms with Gasteiger partial charge in [-0.1, -0.05) is 32.9 Å². The van der Waals surface area contributed by atoms with E-state index in [4.69, 9.17) is 10.5 Å². The van der Waals surface area contributed by atoms with E-state index in [1.165, 1.54) is 0 Å². The van der Waals surface area contributed by atoms with Crippen LogP contribution < -0.4 is 11.1 Å². The molecule has 1 aromatic carbocycles. The standard InChI is InChI=1S/C14H22N2O2/c1-14(2,3)8-9-18-13(17)16-12-6-4-11(10-15)5-7-12/h4-7H,8-10,15H2,1-3H3,(H,16,17). The molecule has 0 saturated carbocycles. The van der Waals surface area contributed by atoms with E-state index < -0.39 is 6.09 Å². The summed E-state index contributed by atoms with van der Waals surface area (Å²) >= 11 is 0. The van der Waals surface area contributed by atoms with Crippen molar-refractivity contribution in [3.8, 4) is 0 Å². The van der Waals surface area contributed by atoms with Crippen LogP contribution in [0, 0.1) is 5.41 Å². The summed E-state index contributed by atoms with van der Waals surface area (Å²) in [5.74, 6) is 0. The maximum absolute atomic E-state index is 11.5. The lowest BCUT2D eigenvalue weighted by Gasteiger charge is -2.17. The third-order valence-corrected chi connectivity index (χ3v) is 2.52. The van der Waals surface area contributed by atoms with Crippen LogP contribution in [0.1, 0.15) is 32.8 Å². The van der Waals surface area contributed by atoms with Crippen molar-refractivity contribution in [1.82, 2.24) is 0 Å². The van der Waals surface area contributed by atoms with Gasteiger partial charge in [0.1, 0.15) is 0 Å². The summed E-state index contributed by atoms with van der Waals surface area (Å²) in [5.41, 5.74) is 7.41. The molecule has 0 radical (unpaired) electrons. The van der Waals surface area contributed by atoms with Gasteiger partial charge in [0, 0.05) is 12.2 Å². The largest absolute Gasteiger partial charge is 0.449 e. The van der Waals surface area contributed by atoms with Crippen molar-refractivity contribution in [2.45, 2.75) is 33.7 Å². The molecule has 1 rings (SSSR count). The highest BCUT2D eigenvalue weighted by molar-refractivity contribution is 5.84. The van der Waals surface area contributed by atoms with Gasteiger partial charge in [-0.25, -0.2) is 4.79 Å². The van der Waals surface area contributed by atoms with Crippen LogP contribution in [-0.2, 0) is 11.3 Å². The maximum atomic E-state index is 11.5. The average molecular weight is 250 g/mol. The minimum atomic E-state index is -0.417. The van der Waals surface area contributed by atoms with Crippen molar-refractivity contribution >= 4 is 11.8 Å². The van der Waals surface area contributed by atoms with E-state index in [0.29, 0.717) is 18.8 Å². The number of nitrogens with two attached hydrogens (primary N) is 1. The van der Waals surface area contributed by atoms with E-state index in [9.17, 15) is 4.79 Å². The van der Waals surface area contributed by atoms with Crippen LogP contribution in [0.5, 0.6) is 0 Å². The van der Waals surface area contributed by atoms with E-state index in [1.54, 1.807) is 0 Å². The Morgan fingerprint density at radius 2 is 1.89 bits per heavy atom. The monoisotopic (exact) mass is 250 g/mol. The van der Waals surface area contributed by atoms with Crippen LogP contribution in [-0.4, -0.2) is 12.7 Å². The molecule has 0 aliphatic rings. The molecule has 0 spiro atoms. The van der Waals surface area contributed by atoms with Crippen molar-refractivity contribution in [1.29, 1.82) is 0 Å². The van der Waals surface area contributed by atoms with Gasteiger partial charge in [-0.05, 0) is 29.5 Å². The number of carbonyl (C=O) groups excluding carboxylic acids is 1. The van der Waals surface area contributed by atoms with E-state index in [-0.39, 0.29) is 5.41 Å². The summed E-state index contributed by atoms with van der Waals surface area (Å²) in [6, 6.07) is 7.38. The average Bonchev–Trinajstić information content (AvgIpc) is 2.28. The van der Waals surface area contributed by atoms with E-state index >= 15 is 0 Å². The number of rotatable bonds is 4. The Morgan fingerprint density at radius 1 is 1.28 bits per heavy atom. The molecular weight excluding hydrogens is 228 g/mol. The predicted molar refractivity (Wildman–Crippen MR) is 73.4 cm³/mol. The first kappa shape index (κ1) is 14.5. The highest BCUT2D eigenvalue weighted by Gasteiger charge is 2.11. The number of ether oxygens (including phenoxy) is 1. The van der Waals surface area contributed by atoms with Crippen LogP contribution in [0.15, 0.2) is 24.3 Å². The zero-order valence-corrected chi connectivity index (χ0v) is 11.3. The predicted octanol–water partition coefficient (Wildman–Crippen LogP) is 3.13. The van der Waals surface area contributed by atoms with E-state index in [2.05, 4.69) is 26.1 Å². The van der Waals surface area contributed by atoms with Gasteiger partial charge in [0.15, 0.2) is 0 Å². The van der Waals surface area contributed by atoms with Crippen molar-refractivity contribution in [3.63, 3.8) is 0 Å². The normalized spacial score (nSPS) is 11.1. The van der Waals surface area contributed by atoms with E-state index in [0.717, 1.165) is 12.0 Å². The topological polar surface area (TPSA) is 64.3 Å². The molecule has 0 unspecified atom stereocenters. The Kier molecular flexibility index (Phi) is 5.16. The van der Waals surface area contributed by atoms with Gasteiger partial charge in [0.05, 0.1) is 6.61 Å². The fraction of sp³-hybridized carbons (Fsp3) is 0.500. The fourth-order valence-electron chi connectivity index (χ4n) is 1.33. The van der Waals surface area contributed by atoms with Crippen LogP contribution in [0.2, 0.25) is 0 Å². The van der Waals surface area contributed by atoms with Gasteiger partial charge in [-0.2, -0.15) is 0 Å². The van der Waals surface area contributed by atoms with Crippen LogP contribution >= 0.6 is 0 Å². The molecule has 0 aliphatic heterocycles. The fourth-order valence-corrected chi connectivity index (χ4v) is 1.33. The second-order valence-electron chi connectivity index (χ2n) is 5.47. The number of hydrogen-bond donors (Lipinski definition) is 2. The molecular formula is C14H22N2O2. The van der Waals surface area contributed by atoms with Crippen molar-refractivity contribution in [2.24, 2.45) is 11.1 Å². The van der Waals surface area contributed by atoms with Gasteiger partial charge in [-0.15, -0.1) is 0 Å². The number of nitrogens with one attached hydrogen (secondary N) is 1. The summed E-state index contributed by atoms with van der Waals surface area (Å²) in [6.07, 6.45) is 0.423. The molecule has 0 bridgehead atoms. The summed E-state index contributed by atoms with van der Waals surface area (Å²) in [4.78, 5) is 11.5. The molecule has 1 amide bonds. The quantitative estimate of drug-likeness (QED) is 0.862. The first-order chi connectivity index (χ1) is 8.40. The Hall–Kier alpha value is -1.55. The third kappa shape index (κ3) is 5.68. The first-order valence-corrected chi connectivity index (χ1v) is 6.13. The first-order valence-electron chi connectivity index (χ1n) is 6.13. The molecule has 0 saturated heterocycles. The number of amides is 1. The Balaban J connectivity index is 2.35. The molecule has 18 heavy (non-hydrogen) atoms. The zero-order valence-electron chi connectivity index (χ0n) is 11.3. The minimum absolute atomic E-state index is 0.170. The van der Waals surface area contributed by atoms with Crippen LogP contribution in [0.4, 0.5) is 10.5 Å². The third-order valence-electron chi connectivity index (χ3n) is 2.52. The Morgan fingerprint density at radius 3 is 2.39 bits per heavy atom. The molecule has 1 aromatic rings. The summed E-state index contributed by atoms with van der Waals surface area (Å²) < 4.78 is 5.10. The lowest BCUT2D eigenvalue weighted by Crippen LogP contribution is -2.17. The van der Waals surface area contributed by atoms with Gasteiger partial charge < -0.3 is 10.5 Å². The lowest BCUT2D eigenvalue weighted by atomic mass is 9.93. The Bertz CT molecular complexity index is 380. The molecule has 0 heterocycles. The van der Waals surface area contributed by atoms with E-state index in [1.807, 2.05) is 24.3 Å². The molecule has 0 atom stereocenters. The van der Waals surface area contributed by atoms with Crippen molar-refractivity contribution in [3.05, 3.63) is 29.8 Å². The molecule has 0 fully saturated rings. The molecule has 4 nitrogen and oxygen atoms in total. The zero-order chi connectivity index (χ0) is 13.6. The van der Waals surface area contributed by atoms with Gasteiger partial charge in [0.2, 0.25) is 0 Å². The number of anilines is 1. The van der Waals surface area contributed by atoms with Crippen LogP contribution in [0.3, 0.4) is 0 Å². The smallest absolute Gasteiger partial charge is 0.411 e. The SMILES string of the molecule is CC(C)(C)CCOC(=O)Nc1ccc(CN)cc1. The number of hydrogen-bond acceptors (Lipinski definition) is 3. The highest BCUT2D eigenvalue weighted by Crippen LogP contribution is 2.18. The van der Waals surface area contributed by atoms with Crippen molar-refractivity contribution in [2.75, 3.05) is 11.9 Å². The second-order valence-corrected chi connectivity index (χ2v) is 5.47. The molecule has 0 aromatic heterocycles. The second kappa shape index (κ2) is 6.40. The lowest BCUT2D eigenvalue weighted by molar-refractivity contribution is 0.145. The van der Waals surface area contributed by atoms with Gasteiger partial charge in [-0.3, -0.25) is 5.32 Å². The Labute approximate surface area is 109 Å². The molecule has 3 N–H and O–H groups in total. The summed E-state index contributed by atoms with van der Waals surface area (Å²) in [6.45, 7) is 7.26. The molecule has 100 valence electrons. The molecule has 4 heteroatoms. The van der Waals surface area contributed by atoms with Crippen molar-refractivity contribution < 1.29 is 9.53 Å². The highest BCUT2D eigenvalue weighted by atomic mass is 16.5. The molecule has 0 aliphatic carbocycles. The minimum Gasteiger partial charge on any atom is -0.449 e.